The Balaban J connectivity index is 2.24. The van der Waals surface area contributed by atoms with Gasteiger partial charge in [0, 0.05) is 25.8 Å². The number of nitrogens with zero attached hydrogens (tertiary/aromatic N) is 1. The first-order valence-corrected chi connectivity index (χ1v) is 7.51. The number of benzene rings is 1. The minimum atomic E-state index is -1.09. The van der Waals surface area contributed by atoms with Gasteiger partial charge in [-0.15, -0.1) is 0 Å². The average Bonchev–Trinajstić information content (AvgIpc) is 2.92. The molecule has 1 unspecified atom stereocenters. The van der Waals surface area contributed by atoms with Gasteiger partial charge < -0.3 is 14.7 Å². The Morgan fingerprint density at radius 1 is 1.39 bits per heavy atom. The Morgan fingerprint density at radius 2 is 2.04 bits per heavy atom. The summed E-state index contributed by atoms with van der Waals surface area (Å²) in [5.41, 5.74) is -1.84. The van der Waals surface area contributed by atoms with E-state index in [1.54, 1.807) is 32.0 Å². The minimum Gasteiger partial charge on any atom is -0.481 e. The first kappa shape index (κ1) is 17.4. The number of rotatable bonds is 5. The number of carbonyl (C=O) groups is 2. The second kappa shape index (κ2) is 6.28. The second-order valence-corrected chi connectivity index (χ2v) is 6.60. The molecule has 2 rings (SSSR count). The molecule has 23 heavy (non-hydrogen) atoms. The molecular formula is C17H22FNO4. The van der Waals surface area contributed by atoms with Gasteiger partial charge in [-0.3, -0.25) is 9.59 Å². The van der Waals surface area contributed by atoms with Crippen molar-refractivity contribution in [2.75, 3.05) is 26.8 Å². The molecule has 0 spiro atoms. The largest absolute Gasteiger partial charge is 0.481 e. The Kier molecular flexibility index (Phi) is 4.75. The summed E-state index contributed by atoms with van der Waals surface area (Å²) < 4.78 is 19.1. The molecule has 1 saturated heterocycles. The van der Waals surface area contributed by atoms with Crippen molar-refractivity contribution in [3.8, 4) is 0 Å². The van der Waals surface area contributed by atoms with Crippen molar-refractivity contribution < 1.29 is 23.8 Å². The van der Waals surface area contributed by atoms with Crippen LogP contribution in [0, 0.1) is 11.2 Å². The summed E-state index contributed by atoms with van der Waals surface area (Å²) in [5.74, 6) is -1.69. The monoisotopic (exact) mass is 323 g/mol. The third kappa shape index (κ3) is 3.08. The minimum absolute atomic E-state index is 0.0479. The van der Waals surface area contributed by atoms with Crippen LogP contribution in [0.25, 0.3) is 0 Å². The molecule has 1 atom stereocenters. The standard InChI is InChI=1S/C17H22FNO4/c1-16(2,12-6-4-5-7-13(12)18)14(20)19-9-8-17(10-19,11-23-3)15(21)22/h4-7H,8-11H2,1-3H3,(H,21,22). The lowest BCUT2D eigenvalue weighted by Crippen LogP contribution is -2.45. The number of halogens is 1. The van der Waals surface area contributed by atoms with E-state index in [2.05, 4.69) is 0 Å². The van der Waals surface area contributed by atoms with Crippen LogP contribution in [0.1, 0.15) is 25.8 Å². The molecule has 1 aromatic rings. The number of aliphatic carboxylic acids is 1. The molecule has 1 aromatic carbocycles. The predicted molar refractivity (Wildman–Crippen MR) is 82.6 cm³/mol. The zero-order chi connectivity index (χ0) is 17.3. The van der Waals surface area contributed by atoms with Gasteiger partial charge in [-0.1, -0.05) is 18.2 Å². The molecule has 1 heterocycles. The van der Waals surface area contributed by atoms with Crippen LogP contribution in [-0.4, -0.2) is 48.7 Å². The smallest absolute Gasteiger partial charge is 0.313 e. The van der Waals surface area contributed by atoms with Crippen LogP contribution in [0.3, 0.4) is 0 Å². The normalized spacial score (nSPS) is 21.5. The summed E-state index contributed by atoms with van der Waals surface area (Å²) in [4.78, 5) is 25.9. The molecule has 0 aliphatic carbocycles. The molecule has 0 radical (unpaired) electrons. The van der Waals surface area contributed by atoms with Gasteiger partial charge in [-0.2, -0.15) is 0 Å². The van der Waals surface area contributed by atoms with Crippen LogP contribution < -0.4 is 0 Å². The van der Waals surface area contributed by atoms with Crippen molar-refractivity contribution in [3.63, 3.8) is 0 Å². The van der Waals surface area contributed by atoms with E-state index >= 15 is 0 Å². The summed E-state index contributed by atoms with van der Waals surface area (Å²) in [7, 11) is 1.44. The maximum absolute atomic E-state index is 14.0. The highest BCUT2D eigenvalue weighted by molar-refractivity contribution is 5.89. The molecule has 1 amide bonds. The molecule has 0 saturated carbocycles. The molecule has 6 heteroatoms. The van der Waals surface area contributed by atoms with Crippen molar-refractivity contribution >= 4 is 11.9 Å². The maximum Gasteiger partial charge on any atom is 0.313 e. The SMILES string of the molecule is COCC1(C(=O)O)CCN(C(=O)C(C)(C)c2ccccc2F)C1. The predicted octanol–water partition coefficient (Wildman–Crippen LogP) is 2.05. The number of likely N-dealkylation sites (tertiary alicyclic amines) is 1. The second-order valence-electron chi connectivity index (χ2n) is 6.60. The lowest BCUT2D eigenvalue weighted by atomic mass is 9.82. The van der Waals surface area contributed by atoms with Gasteiger partial charge in [0.1, 0.15) is 11.2 Å². The Hall–Kier alpha value is -1.95. The molecule has 0 aromatic heterocycles. The summed E-state index contributed by atoms with van der Waals surface area (Å²) in [6.07, 6.45) is 0.329. The highest BCUT2D eigenvalue weighted by Gasteiger charge is 2.49. The fourth-order valence-corrected chi connectivity index (χ4v) is 3.15. The summed E-state index contributed by atoms with van der Waals surface area (Å²) in [6, 6.07) is 6.16. The van der Waals surface area contributed by atoms with Crippen molar-refractivity contribution in [2.24, 2.45) is 5.41 Å². The highest BCUT2D eigenvalue weighted by atomic mass is 19.1. The maximum atomic E-state index is 14.0. The van der Waals surface area contributed by atoms with E-state index in [1.165, 1.54) is 18.1 Å². The first-order chi connectivity index (χ1) is 10.7. The Labute approximate surface area is 135 Å². The molecule has 126 valence electrons. The van der Waals surface area contributed by atoms with Gasteiger partial charge in [-0.25, -0.2) is 4.39 Å². The summed E-state index contributed by atoms with van der Waals surface area (Å²) >= 11 is 0. The zero-order valence-electron chi connectivity index (χ0n) is 13.6. The van der Waals surface area contributed by atoms with E-state index in [4.69, 9.17) is 4.74 Å². The van der Waals surface area contributed by atoms with Gasteiger partial charge in [0.15, 0.2) is 0 Å². The number of methoxy groups -OCH3 is 1. The number of carbonyl (C=O) groups excluding carboxylic acids is 1. The van der Waals surface area contributed by atoms with Gasteiger partial charge in [0.25, 0.3) is 0 Å². The number of ether oxygens (including phenoxy) is 1. The van der Waals surface area contributed by atoms with Crippen LogP contribution >= 0.6 is 0 Å². The molecule has 1 aliphatic heterocycles. The molecule has 1 N–H and O–H groups in total. The van der Waals surface area contributed by atoms with E-state index in [0.717, 1.165) is 0 Å². The molecule has 0 bridgehead atoms. The van der Waals surface area contributed by atoms with Crippen molar-refractivity contribution in [1.29, 1.82) is 0 Å². The van der Waals surface area contributed by atoms with Crippen LogP contribution in [-0.2, 0) is 19.7 Å². The van der Waals surface area contributed by atoms with Gasteiger partial charge in [0.05, 0.1) is 12.0 Å². The molecule has 1 fully saturated rings. The van der Waals surface area contributed by atoms with Gasteiger partial charge in [0.2, 0.25) is 5.91 Å². The highest BCUT2D eigenvalue weighted by Crippen LogP contribution is 2.35. The summed E-state index contributed by atoms with van der Waals surface area (Å²) in [5, 5.41) is 9.48. The quantitative estimate of drug-likeness (QED) is 0.900. The third-order valence-corrected chi connectivity index (χ3v) is 4.60. The number of carboxylic acid groups (broad SMARTS) is 1. The fraction of sp³-hybridized carbons (Fsp3) is 0.529. The number of amides is 1. The van der Waals surface area contributed by atoms with Crippen LogP contribution in [0.15, 0.2) is 24.3 Å². The molecular weight excluding hydrogens is 301 g/mol. The number of hydrogen-bond donors (Lipinski definition) is 1. The number of carboxylic acids is 1. The average molecular weight is 323 g/mol. The molecule has 5 nitrogen and oxygen atoms in total. The lowest BCUT2D eigenvalue weighted by Gasteiger charge is -2.31. The van der Waals surface area contributed by atoms with Crippen LogP contribution in [0.4, 0.5) is 4.39 Å². The third-order valence-electron chi connectivity index (χ3n) is 4.60. The lowest BCUT2D eigenvalue weighted by molar-refractivity contribution is -0.152. The first-order valence-electron chi connectivity index (χ1n) is 7.51. The zero-order valence-corrected chi connectivity index (χ0v) is 13.6. The van der Waals surface area contributed by atoms with Crippen LogP contribution in [0.5, 0.6) is 0 Å². The topological polar surface area (TPSA) is 66.8 Å². The molecule has 1 aliphatic rings. The van der Waals surface area contributed by atoms with E-state index in [9.17, 15) is 19.1 Å². The number of hydrogen-bond acceptors (Lipinski definition) is 3. The fourth-order valence-electron chi connectivity index (χ4n) is 3.15. The van der Waals surface area contributed by atoms with Gasteiger partial charge >= 0.3 is 5.97 Å². The van der Waals surface area contributed by atoms with Crippen molar-refractivity contribution in [3.05, 3.63) is 35.6 Å². The Morgan fingerprint density at radius 3 is 2.61 bits per heavy atom. The summed E-state index contributed by atoms with van der Waals surface area (Å²) in [6.45, 7) is 3.77. The van der Waals surface area contributed by atoms with Crippen molar-refractivity contribution in [1.82, 2.24) is 4.90 Å². The Bertz CT molecular complexity index is 616. The van der Waals surface area contributed by atoms with Gasteiger partial charge in [-0.05, 0) is 26.3 Å². The van der Waals surface area contributed by atoms with E-state index in [1.807, 2.05) is 0 Å². The van der Waals surface area contributed by atoms with Crippen LogP contribution in [0.2, 0.25) is 0 Å². The van der Waals surface area contributed by atoms with E-state index in [0.29, 0.717) is 18.5 Å². The van der Waals surface area contributed by atoms with E-state index < -0.39 is 22.6 Å². The van der Waals surface area contributed by atoms with E-state index in [-0.39, 0.29) is 19.1 Å². The van der Waals surface area contributed by atoms with Crippen molar-refractivity contribution in [2.45, 2.75) is 25.7 Å².